The fourth-order valence-corrected chi connectivity index (χ4v) is 4.36. The zero-order chi connectivity index (χ0) is 23.6. The predicted octanol–water partition coefficient (Wildman–Crippen LogP) is 5.14. The number of nitrogens with zero attached hydrogens (tertiary/aromatic N) is 1. The fourth-order valence-electron chi connectivity index (χ4n) is 4.16. The highest BCUT2D eigenvalue weighted by atomic mass is 35.5. The summed E-state index contributed by atoms with van der Waals surface area (Å²) in [6.07, 6.45) is 1.16. The molecule has 1 aliphatic heterocycles. The van der Waals surface area contributed by atoms with E-state index in [2.05, 4.69) is 0 Å². The molecule has 0 aliphatic carbocycles. The Morgan fingerprint density at radius 3 is 2.55 bits per heavy atom. The average molecular weight is 468 g/mol. The van der Waals surface area contributed by atoms with E-state index in [0.29, 0.717) is 34.7 Å². The first-order valence-electron chi connectivity index (χ1n) is 10.5. The van der Waals surface area contributed by atoms with E-state index in [4.69, 9.17) is 16.3 Å². The SMILES string of the molecule is C[C@@]1(Cc2ccc(F)cc2)Cc2cc(C(=O)N(CC(=O)O)Cc3ccccc3Cl)ccc2O1. The lowest BCUT2D eigenvalue weighted by molar-refractivity contribution is -0.137. The molecule has 0 unspecified atom stereocenters. The van der Waals surface area contributed by atoms with E-state index in [-0.39, 0.29) is 12.4 Å². The second kappa shape index (κ2) is 9.24. The Morgan fingerprint density at radius 1 is 1.12 bits per heavy atom. The first kappa shape index (κ1) is 22.8. The van der Waals surface area contributed by atoms with Gasteiger partial charge in [0.25, 0.3) is 5.91 Å². The minimum Gasteiger partial charge on any atom is -0.487 e. The molecule has 1 atom stereocenters. The number of ether oxygens (including phenoxy) is 1. The van der Waals surface area contributed by atoms with Gasteiger partial charge in [0.15, 0.2) is 0 Å². The highest BCUT2D eigenvalue weighted by molar-refractivity contribution is 6.31. The van der Waals surface area contributed by atoms with E-state index in [1.54, 1.807) is 54.6 Å². The van der Waals surface area contributed by atoms with Crippen LogP contribution >= 0.6 is 11.6 Å². The zero-order valence-electron chi connectivity index (χ0n) is 18.1. The van der Waals surface area contributed by atoms with Crippen LogP contribution in [0.1, 0.15) is 34.0 Å². The van der Waals surface area contributed by atoms with E-state index < -0.39 is 24.0 Å². The minimum absolute atomic E-state index is 0.0840. The van der Waals surface area contributed by atoms with Gasteiger partial charge in [-0.25, -0.2) is 4.39 Å². The summed E-state index contributed by atoms with van der Waals surface area (Å²) in [7, 11) is 0. The number of hydrogen-bond acceptors (Lipinski definition) is 3. The molecule has 0 radical (unpaired) electrons. The number of carboxylic acid groups (broad SMARTS) is 1. The van der Waals surface area contributed by atoms with Crippen molar-refractivity contribution >= 4 is 23.5 Å². The predicted molar refractivity (Wildman–Crippen MR) is 123 cm³/mol. The molecule has 4 rings (SSSR count). The number of fused-ring (bicyclic) bond motifs is 1. The average Bonchev–Trinajstić information content (AvgIpc) is 3.10. The molecule has 3 aromatic rings. The van der Waals surface area contributed by atoms with Gasteiger partial charge in [-0.2, -0.15) is 0 Å². The Morgan fingerprint density at radius 2 is 1.85 bits per heavy atom. The molecule has 170 valence electrons. The van der Waals surface area contributed by atoms with Crippen molar-refractivity contribution in [2.24, 2.45) is 0 Å². The second-order valence-electron chi connectivity index (χ2n) is 8.50. The van der Waals surface area contributed by atoms with Crippen LogP contribution in [-0.2, 0) is 24.2 Å². The van der Waals surface area contributed by atoms with Gasteiger partial charge in [0, 0.05) is 30.0 Å². The van der Waals surface area contributed by atoms with E-state index >= 15 is 0 Å². The molecule has 1 amide bonds. The Hall–Kier alpha value is -3.38. The number of rotatable bonds is 7. The summed E-state index contributed by atoms with van der Waals surface area (Å²) in [5.74, 6) is -1.10. The summed E-state index contributed by atoms with van der Waals surface area (Å²) >= 11 is 6.22. The van der Waals surface area contributed by atoms with Gasteiger partial charge >= 0.3 is 5.97 Å². The molecule has 1 N–H and O–H groups in total. The van der Waals surface area contributed by atoms with Crippen LogP contribution in [0.25, 0.3) is 0 Å². The molecule has 0 bridgehead atoms. The Labute approximate surface area is 196 Å². The van der Waals surface area contributed by atoms with Gasteiger partial charge in [0.05, 0.1) is 0 Å². The number of hydrogen-bond donors (Lipinski definition) is 1. The first-order valence-corrected chi connectivity index (χ1v) is 10.9. The summed E-state index contributed by atoms with van der Waals surface area (Å²) in [6.45, 7) is 1.62. The number of carboxylic acids is 1. The molecule has 1 aliphatic rings. The number of carbonyl (C=O) groups excluding carboxylic acids is 1. The summed E-state index contributed by atoms with van der Waals surface area (Å²) in [5, 5.41) is 9.81. The Balaban J connectivity index is 1.53. The van der Waals surface area contributed by atoms with Gasteiger partial charge < -0.3 is 14.7 Å². The maximum Gasteiger partial charge on any atom is 0.323 e. The standard InChI is InChI=1S/C26H23ClFNO4/c1-26(13-17-6-9-21(28)10-7-17)14-20-12-18(8-11-23(20)33-26)25(32)29(16-24(30)31)15-19-4-2-3-5-22(19)27/h2-12H,13-16H2,1H3,(H,30,31)/t26-/m1/s1. The normalized spacial score (nSPS) is 16.7. The molecule has 5 nitrogen and oxygen atoms in total. The largest absolute Gasteiger partial charge is 0.487 e. The molecule has 33 heavy (non-hydrogen) atoms. The second-order valence-corrected chi connectivity index (χ2v) is 8.91. The molecule has 0 spiro atoms. The molecule has 0 aromatic heterocycles. The van der Waals surface area contributed by atoms with Crippen molar-refractivity contribution in [3.8, 4) is 5.75 Å². The fraction of sp³-hybridized carbons (Fsp3) is 0.231. The summed E-state index contributed by atoms with van der Waals surface area (Å²) in [4.78, 5) is 25.9. The summed E-state index contributed by atoms with van der Waals surface area (Å²) in [6, 6.07) is 18.5. The van der Waals surface area contributed by atoms with E-state index in [9.17, 15) is 19.1 Å². The van der Waals surface area contributed by atoms with Gasteiger partial charge in [0.1, 0.15) is 23.7 Å². The van der Waals surface area contributed by atoms with Crippen molar-refractivity contribution in [1.82, 2.24) is 4.90 Å². The Kier molecular flexibility index (Phi) is 6.38. The van der Waals surface area contributed by atoms with Gasteiger partial charge in [-0.3, -0.25) is 9.59 Å². The highest BCUT2D eigenvalue weighted by Gasteiger charge is 2.35. The van der Waals surface area contributed by atoms with Crippen LogP contribution in [0, 0.1) is 5.82 Å². The quantitative estimate of drug-likeness (QED) is 0.522. The number of carbonyl (C=O) groups is 2. The topological polar surface area (TPSA) is 66.8 Å². The van der Waals surface area contributed by atoms with Crippen LogP contribution in [0.4, 0.5) is 4.39 Å². The third kappa shape index (κ3) is 5.34. The van der Waals surface area contributed by atoms with Crippen molar-refractivity contribution < 1.29 is 23.8 Å². The van der Waals surface area contributed by atoms with Crippen LogP contribution in [-0.4, -0.2) is 34.0 Å². The zero-order valence-corrected chi connectivity index (χ0v) is 18.8. The molecule has 0 saturated carbocycles. The van der Waals surface area contributed by atoms with Crippen LogP contribution in [0.2, 0.25) is 5.02 Å². The van der Waals surface area contributed by atoms with Crippen molar-refractivity contribution in [2.45, 2.75) is 31.9 Å². The molecule has 7 heteroatoms. The lowest BCUT2D eigenvalue weighted by Crippen LogP contribution is -2.35. The third-order valence-electron chi connectivity index (χ3n) is 5.65. The molecule has 0 fully saturated rings. The van der Waals surface area contributed by atoms with Crippen molar-refractivity contribution in [3.05, 3.63) is 99.8 Å². The number of aliphatic carboxylic acids is 1. The number of halogens is 2. The molecule has 1 heterocycles. The Bertz CT molecular complexity index is 1200. The molecular weight excluding hydrogens is 445 g/mol. The monoisotopic (exact) mass is 467 g/mol. The van der Waals surface area contributed by atoms with E-state index in [1.807, 2.05) is 6.92 Å². The maximum absolute atomic E-state index is 13.2. The maximum atomic E-state index is 13.2. The van der Waals surface area contributed by atoms with Crippen molar-refractivity contribution in [1.29, 1.82) is 0 Å². The van der Waals surface area contributed by atoms with Crippen molar-refractivity contribution in [3.63, 3.8) is 0 Å². The molecule has 3 aromatic carbocycles. The van der Waals surface area contributed by atoms with Crippen LogP contribution in [0.5, 0.6) is 5.75 Å². The third-order valence-corrected chi connectivity index (χ3v) is 6.02. The summed E-state index contributed by atoms with van der Waals surface area (Å²) in [5.41, 5.74) is 2.36. The van der Waals surface area contributed by atoms with E-state index in [0.717, 1.165) is 11.1 Å². The van der Waals surface area contributed by atoms with Gasteiger partial charge in [-0.1, -0.05) is 41.9 Å². The van der Waals surface area contributed by atoms with Gasteiger partial charge in [-0.15, -0.1) is 0 Å². The first-order chi connectivity index (χ1) is 15.7. The molecular formula is C26H23ClFNO4. The smallest absolute Gasteiger partial charge is 0.323 e. The van der Waals surface area contributed by atoms with Crippen LogP contribution in [0.15, 0.2) is 66.7 Å². The van der Waals surface area contributed by atoms with Gasteiger partial charge in [-0.05, 0) is 60.0 Å². The molecule has 0 saturated heterocycles. The van der Waals surface area contributed by atoms with Gasteiger partial charge in [0.2, 0.25) is 0 Å². The number of benzene rings is 3. The van der Waals surface area contributed by atoms with E-state index in [1.165, 1.54) is 17.0 Å². The minimum atomic E-state index is -1.10. The highest BCUT2D eigenvalue weighted by Crippen LogP contribution is 2.37. The van der Waals surface area contributed by atoms with Crippen molar-refractivity contribution in [2.75, 3.05) is 6.54 Å². The van der Waals surface area contributed by atoms with Crippen LogP contribution in [0.3, 0.4) is 0 Å². The number of amides is 1. The van der Waals surface area contributed by atoms with Crippen LogP contribution < -0.4 is 4.74 Å². The lowest BCUT2D eigenvalue weighted by Gasteiger charge is -2.24. The summed E-state index contributed by atoms with van der Waals surface area (Å²) < 4.78 is 19.4. The lowest BCUT2D eigenvalue weighted by atomic mass is 9.91.